The molecule has 2 aromatic heterocycles. The van der Waals surface area contributed by atoms with Gasteiger partial charge in [-0.05, 0) is 60.9 Å². The van der Waals surface area contributed by atoms with E-state index in [4.69, 9.17) is 16.0 Å². The Kier molecular flexibility index (Phi) is 3.89. The van der Waals surface area contributed by atoms with E-state index in [0.717, 1.165) is 16.5 Å². The molecule has 0 spiro atoms. The summed E-state index contributed by atoms with van der Waals surface area (Å²) in [7, 11) is 0. The minimum atomic E-state index is -0.444. The third-order valence-corrected chi connectivity index (χ3v) is 4.81. The third kappa shape index (κ3) is 2.80. The molecule has 130 valence electrons. The highest BCUT2D eigenvalue weighted by Gasteiger charge is 2.11. The number of hydrogen-bond acceptors (Lipinski definition) is 4. The quantitative estimate of drug-likeness (QED) is 0.506. The van der Waals surface area contributed by atoms with Gasteiger partial charge < -0.3 is 4.42 Å². The fourth-order valence-electron chi connectivity index (χ4n) is 3.04. The first-order chi connectivity index (χ1) is 12.4. The summed E-state index contributed by atoms with van der Waals surface area (Å²) in [6.07, 6.45) is 1.49. The minimum absolute atomic E-state index is 0.206. The molecule has 0 saturated carbocycles. The molecule has 4 aromatic rings. The van der Waals surface area contributed by atoms with Gasteiger partial charge in [-0.2, -0.15) is 0 Å². The zero-order valence-corrected chi connectivity index (χ0v) is 15.0. The molecule has 4 rings (SSSR count). The highest BCUT2D eigenvalue weighted by atomic mass is 35.5. The van der Waals surface area contributed by atoms with Gasteiger partial charge in [0, 0.05) is 16.5 Å². The number of aromatic nitrogens is 2. The van der Waals surface area contributed by atoms with Crippen LogP contribution in [-0.2, 0) is 6.54 Å². The van der Waals surface area contributed by atoms with Gasteiger partial charge in [0.15, 0.2) is 0 Å². The van der Waals surface area contributed by atoms with E-state index in [2.05, 4.69) is 4.98 Å². The average molecular weight is 367 g/mol. The van der Waals surface area contributed by atoms with Crippen molar-refractivity contribution in [1.29, 1.82) is 0 Å². The molecule has 0 aliphatic carbocycles. The fourth-order valence-corrected chi connectivity index (χ4v) is 3.21. The Morgan fingerprint density at radius 2 is 1.81 bits per heavy atom. The van der Waals surface area contributed by atoms with E-state index in [1.165, 1.54) is 17.0 Å². The Morgan fingerprint density at radius 1 is 1.04 bits per heavy atom. The first-order valence-corrected chi connectivity index (χ1v) is 8.49. The lowest BCUT2D eigenvalue weighted by Gasteiger charge is -2.10. The second-order valence-electron chi connectivity index (χ2n) is 6.36. The number of fused-ring (bicyclic) bond motifs is 2. The first kappa shape index (κ1) is 16.5. The van der Waals surface area contributed by atoms with Crippen LogP contribution >= 0.6 is 11.6 Å². The Balaban J connectivity index is 1.91. The van der Waals surface area contributed by atoms with Crippen molar-refractivity contribution >= 4 is 33.5 Å². The van der Waals surface area contributed by atoms with E-state index in [-0.39, 0.29) is 12.1 Å². The minimum Gasteiger partial charge on any atom is -0.423 e. The van der Waals surface area contributed by atoms with Gasteiger partial charge in [-0.3, -0.25) is 9.36 Å². The summed E-state index contributed by atoms with van der Waals surface area (Å²) in [6, 6.07) is 10.2. The van der Waals surface area contributed by atoms with Crippen LogP contribution in [0.4, 0.5) is 0 Å². The van der Waals surface area contributed by atoms with Crippen LogP contribution in [0.5, 0.6) is 0 Å². The van der Waals surface area contributed by atoms with Gasteiger partial charge in [0.1, 0.15) is 5.58 Å². The van der Waals surface area contributed by atoms with Crippen LogP contribution in [-0.4, -0.2) is 9.55 Å². The summed E-state index contributed by atoms with van der Waals surface area (Å²) >= 11 is 6.00. The molecular formula is C20H15ClN2O3. The first-order valence-electron chi connectivity index (χ1n) is 8.11. The van der Waals surface area contributed by atoms with Gasteiger partial charge in [0.2, 0.25) is 0 Å². The molecule has 0 aliphatic heterocycles. The lowest BCUT2D eigenvalue weighted by Crippen LogP contribution is -2.21. The number of aryl methyl sites for hydroxylation is 2. The summed E-state index contributed by atoms with van der Waals surface area (Å²) in [5.41, 5.74) is 3.29. The Hall–Kier alpha value is -2.92. The highest BCUT2D eigenvalue weighted by molar-refractivity contribution is 6.31. The highest BCUT2D eigenvalue weighted by Crippen LogP contribution is 2.22. The second-order valence-corrected chi connectivity index (χ2v) is 6.80. The van der Waals surface area contributed by atoms with E-state index in [0.29, 0.717) is 27.1 Å². The zero-order chi connectivity index (χ0) is 18.4. The topological polar surface area (TPSA) is 65.1 Å². The molecular weight excluding hydrogens is 352 g/mol. The summed E-state index contributed by atoms with van der Waals surface area (Å²) in [6.45, 7) is 4.18. The molecule has 0 N–H and O–H groups in total. The van der Waals surface area contributed by atoms with Crippen LogP contribution < -0.4 is 11.2 Å². The van der Waals surface area contributed by atoms with E-state index in [1.807, 2.05) is 26.0 Å². The largest absolute Gasteiger partial charge is 0.423 e. The van der Waals surface area contributed by atoms with Crippen molar-refractivity contribution < 1.29 is 4.42 Å². The molecule has 2 aromatic carbocycles. The lowest BCUT2D eigenvalue weighted by molar-refractivity contribution is 0.557. The Bertz CT molecular complexity index is 1290. The molecule has 0 atom stereocenters. The van der Waals surface area contributed by atoms with Crippen molar-refractivity contribution in [3.63, 3.8) is 0 Å². The van der Waals surface area contributed by atoms with Crippen LogP contribution in [0.15, 0.2) is 56.7 Å². The van der Waals surface area contributed by atoms with Gasteiger partial charge in [-0.1, -0.05) is 11.6 Å². The summed E-state index contributed by atoms with van der Waals surface area (Å²) < 4.78 is 6.79. The van der Waals surface area contributed by atoms with Crippen molar-refractivity contribution in [3.8, 4) is 0 Å². The van der Waals surface area contributed by atoms with Gasteiger partial charge >= 0.3 is 5.63 Å². The maximum absolute atomic E-state index is 12.8. The normalized spacial score (nSPS) is 11.3. The molecule has 6 heteroatoms. The summed E-state index contributed by atoms with van der Waals surface area (Å²) in [4.78, 5) is 29.1. The summed E-state index contributed by atoms with van der Waals surface area (Å²) in [5.74, 6) is 0. The van der Waals surface area contributed by atoms with Crippen LogP contribution in [0.2, 0.25) is 5.02 Å². The Labute approximate surface area is 153 Å². The van der Waals surface area contributed by atoms with Crippen molar-refractivity contribution in [2.45, 2.75) is 20.4 Å². The van der Waals surface area contributed by atoms with Crippen molar-refractivity contribution in [2.24, 2.45) is 0 Å². The third-order valence-electron chi connectivity index (χ3n) is 4.57. The number of hydrogen-bond donors (Lipinski definition) is 0. The van der Waals surface area contributed by atoms with Crippen LogP contribution in [0.3, 0.4) is 0 Å². The molecule has 0 radical (unpaired) electrons. The smallest absolute Gasteiger partial charge is 0.336 e. The zero-order valence-electron chi connectivity index (χ0n) is 14.2. The summed E-state index contributed by atoms with van der Waals surface area (Å²) in [5, 5.41) is 1.73. The van der Waals surface area contributed by atoms with Crippen LogP contribution in [0, 0.1) is 13.8 Å². The van der Waals surface area contributed by atoms with E-state index >= 15 is 0 Å². The molecule has 0 bridgehead atoms. The molecule has 0 fully saturated rings. The number of nitrogens with zero attached hydrogens (tertiary/aromatic N) is 2. The van der Waals surface area contributed by atoms with Crippen molar-refractivity contribution in [3.05, 3.63) is 85.2 Å². The predicted octanol–water partition coefficient (Wildman–Crippen LogP) is 3.82. The van der Waals surface area contributed by atoms with Crippen LogP contribution in [0.1, 0.15) is 16.7 Å². The molecule has 0 saturated heterocycles. The molecule has 0 aliphatic rings. The SMILES string of the molecule is Cc1cc2oc(=O)cc(Cn3cnc4ccc(Cl)cc4c3=O)c2cc1C. The molecule has 2 heterocycles. The predicted molar refractivity (Wildman–Crippen MR) is 102 cm³/mol. The lowest BCUT2D eigenvalue weighted by atomic mass is 10.0. The van der Waals surface area contributed by atoms with Gasteiger partial charge in [0.05, 0.1) is 23.8 Å². The van der Waals surface area contributed by atoms with Gasteiger partial charge in [-0.15, -0.1) is 0 Å². The maximum atomic E-state index is 12.8. The molecule has 5 nitrogen and oxygen atoms in total. The number of halogens is 1. The van der Waals surface area contributed by atoms with E-state index in [1.54, 1.807) is 18.2 Å². The Morgan fingerprint density at radius 3 is 2.62 bits per heavy atom. The van der Waals surface area contributed by atoms with Gasteiger partial charge in [0.25, 0.3) is 5.56 Å². The second kappa shape index (κ2) is 6.11. The maximum Gasteiger partial charge on any atom is 0.336 e. The number of benzene rings is 2. The van der Waals surface area contributed by atoms with E-state index in [9.17, 15) is 9.59 Å². The van der Waals surface area contributed by atoms with Gasteiger partial charge in [-0.25, -0.2) is 9.78 Å². The number of rotatable bonds is 2. The molecule has 0 amide bonds. The molecule has 0 unspecified atom stereocenters. The average Bonchev–Trinajstić information content (AvgIpc) is 2.59. The van der Waals surface area contributed by atoms with Crippen molar-refractivity contribution in [2.75, 3.05) is 0 Å². The van der Waals surface area contributed by atoms with Crippen molar-refractivity contribution in [1.82, 2.24) is 9.55 Å². The fraction of sp³-hybridized carbons (Fsp3) is 0.150. The molecule has 26 heavy (non-hydrogen) atoms. The van der Waals surface area contributed by atoms with Crippen LogP contribution in [0.25, 0.3) is 21.9 Å². The standard InChI is InChI=1S/C20H15ClN2O3/c1-11-5-15-13(7-19(24)26-18(15)6-12(11)2)9-23-10-22-17-4-3-14(21)8-16(17)20(23)25/h3-8,10H,9H2,1-2H3. The van der Waals surface area contributed by atoms with E-state index < -0.39 is 5.63 Å². The monoisotopic (exact) mass is 366 g/mol.